The Kier molecular flexibility index (Phi) is 8.93. The number of hydrogen-bond acceptors (Lipinski definition) is 3. The Labute approximate surface area is 182 Å². The van der Waals surface area contributed by atoms with E-state index in [0.717, 1.165) is 36.1 Å². The third-order valence-corrected chi connectivity index (χ3v) is 4.91. The topological polar surface area (TPSA) is 53.7 Å². The fraction of sp³-hybridized carbons (Fsp3) is 0.300. The van der Waals surface area contributed by atoms with Crippen molar-refractivity contribution in [1.82, 2.24) is 20.0 Å². The minimum atomic E-state index is 0. The maximum atomic E-state index is 4.66. The highest BCUT2D eigenvalue weighted by Crippen LogP contribution is 2.15. The number of hydrogen-bond donors (Lipinski definition) is 2. The van der Waals surface area contributed by atoms with Crippen LogP contribution in [-0.2, 0) is 6.54 Å². The molecule has 5 nitrogen and oxygen atoms in total. The van der Waals surface area contributed by atoms with Crippen LogP contribution in [0.4, 0.5) is 0 Å². The van der Waals surface area contributed by atoms with Gasteiger partial charge in [0.2, 0.25) is 0 Å². The van der Waals surface area contributed by atoms with E-state index < -0.39 is 0 Å². The first-order chi connectivity index (χ1) is 12.8. The van der Waals surface area contributed by atoms with Gasteiger partial charge in [-0.1, -0.05) is 24.3 Å². The summed E-state index contributed by atoms with van der Waals surface area (Å²) < 4.78 is 2.10. The Bertz CT molecular complexity index is 863. The van der Waals surface area contributed by atoms with Gasteiger partial charge < -0.3 is 15.0 Å². The van der Waals surface area contributed by atoms with E-state index >= 15 is 0 Å². The lowest BCUT2D eigenvalue weighted by molar-refractivity contribution is 0.839. The van der Waals surface area contributed by atoms with E-state index in [1.54, 1.807) is 0 Å². The minimum absolute atomic E-state index is 0. The number of pyridine rings is 1. The first-order valence-corrected chi connectivity index (χ1v) is 9.88. The zero-order valence-electron chi connectivity index (χ0n) is 15.7. The van der Waals surface area contributed by atoms with Gasteiger partial charge in [-0.05, 0) is 38.1 Å². The van der Waals surface area contributed by atoms with Gasteiger partial charge in [-0.3, -0.25) is 0 Å². The summed E-state index contributed by atoms with van der Waals surface area (Å²) in [5, 5.41) is 6.68. The number of imidazole rings is 1. The van der Waals surface area contributed by atoms with Crippen LogP contribution in [0.1, 0.15) is 18.3 Å². The normalized spacial score (nSPS) is 11.3. The highest BCUT2D eigenvalue weighted by atomic mass is 127. The number of halogens is 1. The van der Waals surface area contributed by atoms with Crippen LogP contribution in [0.15, 0.2) is 64.6 Å². The smallest absolute Gasteiger partial charge is 0.191 e. The molecule has 0 atom stereocenters. The van der Waals surface area contributed by atoms with Gasteiger partial charge in [-0.2, -0.15) is 0 Å². The average Bonchev–Trinajstić information content (AvgIpc) is 3.08. The molecule has 27 heavy (non-hydrogen) atoms. The molecule has 144 valence electrons. The van der Waals surface area contributed by atoms with E-state index in [1.807, 2.05) is 30.0 Å². The van der Waals surface area contributed by atoms with Crippen LogP contribution in [-0.4, -0.2) is 34.2 Å². The summed E-state index contributed by atoms with van der Waals surface area (Å²) in [6.07, 6.45) is 2.06. The minimum Gasteiger partial charge on any atom is -0.357 e. The van der Waals surface area contributed by atoms with Crippen molar-refractivity contribution >= 4 is 47.3 Å². The van der Waals surface area contributed by atoms with Crippen molar-refractivity contribution in [3.05, 3.63) is 66.1 Å². The highest BCUT2D eigenvalue weighted by molar-refractivity contribution is 14.0. The third kappa shape index (κ3) is 6.42. The van der Waals surface area contributed by atoms with Crippen LogP contribution in [0.2, 0.25) is 0 Å². The van der Waals surface area contributed by atoms with E-state index in [1.165, 1.54) is 10.6 Å². The molecule has 2 heterocycles. The maximum absolute atomic E-state index is 4.66. The van der Waals surface area contributed by atoms with Crippen LogP contribution < -0.4 is 10.6 Å². The molecule has 0 amide bonds. The number of aromatic nitrogens is 2. The third-order valence-electron chi connectivity index (χ3n) is 3.90. The number of thioether (sulfide) groups is 1. The van der Waals surface area contributed by atoms with Gasteiger partial charge >= 0.3 is 0 Å². The van der Waals surface area contributed by atoms with Gasteiger partial charge in [0.05, 0.1) is 12.2 Å². The molecule has 0 radical (unpaired) electrons. The van der Waals surface area contributed by atoms with E-state index in [2.05, 4.69) is 75.4 Å². The molecule has 0 aliphatic rings. The predicted octanol–water partition coefficient (Wildman–Crippen LogP) is 4.11. The quantitative estimate of drug-likeness (QED) is 0.170. The number of rotatable bonds is 7. The number of nitrogens with one attached hydrogen (secondary N) is 2. The van der Waals surface area contributed by atoms with E-state index in [4.69, 9.17) is 0 Å². The van der Waals surface area contributed by atoms with Crippen LogP contribution in [0.25, 0.3) is 5.65 Å². The van der Waals surface area contributed by atoms with Gasteiger partial charge in [0.25, 0.3) is 0 Å². The second-order valence-corrected chi connectivity index (χ2v) is 7.08. The first-order valence-electron chi connectivity index (χ1n) is 8.90. The molecule has 1 aromatic carbocycles. The predicted molar refractivity (Wildman–Crippen MR) is 125 cm³/mol. The molecule has 0 spiro atoms. The lowest BCUT2D eigenvalue weighted by Crippen LogP contribution is -2.38. The van der Waals surface area contributed by atoms with Crippen molar-refractivity contribution < 1.29 is 0 Å². The number of aryl methyl sites for hydroxylation is 1. The number of fused-ring (bicyclic) bond motifs is 1. The zero-order chi connectivity index (χ0) is 18.2. The number of nitrogens with zero attached hydrogens (tertiary/aromatic N) is 3. The Hall–Kier alpha value is -1.74. The second-order valence-electron chi connectivity index (χ2n) is 5.91. The molecule has 3 aromatic rings. The van der Waals surface area contributed by atoms with Crippen LogP contribution in [0.5, 0.6) is 0 Å². The molecule has 0 saturated carbocycles. The molecular weight excluding hydrogens is 469 g/mol. The number of aliphatic imine (C=N–C) groups is 1. The summed E-state index contributed by atoms with van der Waals surface area (Å²) >= 11 is 1.84. The molecule has 7 heteroatoms. The Morgan fingerprint density at radius 1 is 1.11 bits per heavy atom. The monoisotopic (exact) mass is 495 g/mol. The lowest BCUT2D eigenvalue weighted by atomic mass is 10.4. The van der Waals surface area contributed by atoms with Crippen LogP contribution in [0.3, 0.4) is 0 Å². The van der Waals surface area contributed by atoms with Gasteiger partial charge in [0.1, 0.15) is 5.65 Å². The summed E-state index contributed by atoms with van der Waals surface area (Å²) in [6, 6.07) is 16.6. The molecule has 2 aromatic heterocycles. The van der Waals surface area contributed by atoms with Crippen molar-refractivity contribution in [2.24, 2.45) is 4.99 Å². The molecule has 0 fully saturated rings. The summed E-state index contributed by atoms with van der Waals surface area (Å²) in [5.41, 5.74) is 3.11. The SMILES string of the molecule is CCNC(=NCc1cn2c(C)cccc2n1)NCCSc1ccccc1.I. The molecule has 0 aliphatic carbocycles. The molecule has 0 saturated heterocycles. The molecule has 0 unspecified atom stereocenters. The van der Waals surface area contributed by atoms with Crippen LogP contribution in [0, 0.1) is 6.92 Å². The zero-order valence-corrected chi connectivity index (χ0v) is 18.8. The fourth-order valence-corrected chi connectivity index (χ4v) is 3.42. The number of guanidine groups is 1. The van der Waals surface area contributed by atoms with Crippen molar-refractivity contribution in [1.29, 1.82) is 0 Å². The summed E-state index contributed by atoms with van der Waals surface area (Å²) in [7, 11) is 0. The van der Waals surface area contributed by atoms with E-state index in [0.29, 0.717) is 6.54 Å². The summed E-state index contributed by atoms with van der Waals surface area (Å²) in [6.45, 7) is 6.40. The van der Waals surface area contributed by atoms with E-state index in [-0.39, 0.29) is 24.0 Å². The fourth-order valence-electron chi connectivity index (χ4n) is 2.63. The van der Waals surface area contributed by atoms with Gasteiger partial charge in [0.15, 0.2) is 5.96 Å². The van der Waals surface area contributed by atoms with Crippen molar-refractivity contribution in [3.63, 3.8) is 0 Å². The number of benzene rings is 1. The standard InChI is InChI=1S/C20H25N5S.HI/c1-3-21-20(22-12-13-26-18-9-5-4-6-10-18)23-14-17-15-25-16(2)8-7-11-19(25)24-17;/h4-11,15H,3,12-14H2,1-2H3,(H2,21,22,23);1H. The van der Waals surface area contributed by atoms with Crippen molar-refractivity contribution in [3.8, 4) is 0 Å². The summed E-state index contributed by atoms with van der Waals surface area (Å²) in [5.74, 6) is 1.82. The maximum Gasteiger partial charge on any atom is 0.191 e. The Morgan fingerprint density at radius 3 is 2.67 bits per heavy atom. The molecular formula is C20H26IN5S. The van der Waals surface area contributed by atoms with E-state index in [9.17, 15) is 0 Å². The van der Waals surface area contributed by atoms with Crippen molar-refractivity contribution in [2.45, 2.75) is 25.3 Å². The highest BCUT2D eigenvalue weighted by Gasteiger charge is 2.03. The molecule has 2 N–H and O–H groups in total. The second kappa shape index (κ2) is 11.2. The average molecular weight is 495 g/mol. The largest absolute Gasteiger partial charge is 0.357 e. The first kappa shape index (κ1) is 21.6. The van der Waals surface area contributed by atoms with Gasteiger partial charge in [-0.15, -0.1) is 35.7 Å². The van der Waals surface area contributed by atoms with Gasteiger partial charge in [0, 0.05) is 35.6 Å². The molecule has 0 aliphatic heterocycles. The Balaban J connectivity index is 0.00000261. The van der Waals surface area contributed by atoms with Gasteiger partial charge in [-0.25, -0.2) is 9.98 Å². The lowest BCUT2D eigenvalue weighted by Gasteiger charge is -2.10. The van der Waals surface area contributed by atoms with Crippen LogP contribution >= 0.6 is 35.7 Å². The van der Waals surface area contributed by atoms with Crippen molar-refractivity contribution in [2.75, 3.05) is 18.8 Å². The Morgan fingerprint density at radius 2 is 1.93 bits per heavy atom. The molecule has 0 bridgehead atoms. The summed E-state index contributed by atoms with van der Waals surface area (Å²) in [4.78, 5) is 10.6. The molecule has 3 rings (SSSR count).